The largest absolute Gasteiger partial charge is 0.339 e. The maximum atomic E-state index is 12.5. The van der Waals surface area contributed by atoms with Crippen molar-refractivity contribution in [2.45, 2.75) is 19.0 Å². The summed E-state index contributed by atoms with van der Waals surface area (Å²) in [5.41, 5.74) is 0. The minimum atomic E-state index is -2.92. The summed E-state index contributed by atoms with van der Waals surface area (Å²) in [4.78, 5) is 19.9. The average Bonchev–Trinajstić information content (AvgIpc) is 3.13. The van der Waals surface area contributed by atoms with Gasteiger partial charge in [0.25, 0.3) is 0 Å². The molecule has 6 nitrogen and oxygen atoms in total. The highest BCUT2D eigenvalue weighted by atomic mass is 35.5. The Morgan fingerprint density at radius 3 is 2.60 bits per heavy atom. The smallest absolute Gasteiger partial charge is 0.236 e. The number of halogens is 1. The van der Waals surface area contributed by atoms with Gasteiger partial charge >= 0.3 is 0 Å². The van der Waals surface area contributed by atoms with Gasteiger partial charge in [-0.3, -0.25) is 14.6 Å². The molecule has 3 heterocycles. The molecule has 1 unspecified atom stereocenters. The molecule has 2 aliphatic heterocycles. The average molecular weight is 406 g/mol. The van der Waals surface area contributed by atoms with Crippen LogP contribution in [0.5, 0.6) is 0 Å². The van der Waals surface area contributed by atoms with E-state index in [0.29, 0.717) is 13.0 Å². The quantitative estimate of drug-likeness (QED) is 0.735. The summed E-state index contributed by atoms with van der Waals surface area (Å²) in [5.74, 6) is 0.501. The molecule has 0 spiro atoms. The van der Waals surface area contributed by atoms with E-state index in [-0.39, 0.29) is 23.5 Å². The molecule has 3 rings (SSSR count). The molecule has 0 saturated carbocycles. The second-order valence-corrected chi connectivity index (χ2v) is 10.9. The molecular formula is C16H24ClN3O3S2. The molecule has 0 aromatic carbocycles. The lowest BCUT2D eigenvalue weighted by Crippen LogP contribution is -2.51. The maximum absolute atomic E-state index is 12.5. The van der Waals surface area contributed by atoms with E-state index >= 15 is 0 Å². The van der Waals surface area contributed by atoms with E-state index in [1.54, 1.807) is 11.3 Å². The van der Waals surface area contributed by atoms with Crippen molar-refractivity contribution in [3.05, 3.63) is 21.3 Å². The number of piperazine rings is 1. The second kappa shape index (κ2) is 7.92. The van der Waals surface area contributed by atoms with Crippen LogP contribution in [-0.4, -0.2) is 86.3 Å². The van der Waals surface area contributed by atoms with Crippen LogP contribution in [0.1, 0.15) is 11.3 Å². The third-order valence-corrected chi connectivity index (χ3v) is 7.92. The van der Waals surface area contributed by atoms with Crippen LogP contribution in [0.4, 0.5) is 0 Å². The normalized spacial score (nSPS) is 24.1. The Bertz CT molecular complexity index is 714. The number of carbonyl (C=O) groups excluding carboxylic acids is 1. The van der Waals surface area contributed by atoms with E-state index < -0.39 is 9.84 Å². The Labute approximate surface area is 158 Å². The lowest BCUT2D eigenvalue weighted by Gasteiger charge is -2.35. The van der Waals surface area contributed by atoms with E-state index in [1.807, 2.05) is 22.9 Å². The van der Waals surface area contributed by atoms with E-state index in [2.05, 4.69) is 11.0 Å². The summed E-state index contributed by atoms with van der Waals surface area (Å²) in [6.07, 6.45) is 0.628. The molecule has 2 saturated heterocycles. The predicted molar refractivity (Wildman–Crippen MR) is 101 cm³/mol. The summed E-state index contributed by atoms with van der Waals surface area (Å²) in [5, 5.41) is 0. The van der Waals surface area contributed by atoms with Gasteiger partial charge in [0.2, 0.25) is 5.91 Å². The summed E-state index contributed by atoms with van der Waals surface area (Å²) >= 11 is 7.57. The zero-order valence-electron chi connectivity index (χ0n) is 14.4. The molecule has 1 aromatic rings. The van der Waals surface area contributed by atoms with Crippen molar-refractivity contribution < 1.29 is 13.2 Å². The van der Waals surface area contributed by atoms with Gasteiger partial charge < -0.3 is 4.90 Å². The van der Waals surface area contributed by atoms with Crippen molar-refractivity contribution in [3.8, 4) is 0 Å². The van der Waals surface area contributed by atoms with E-state index in [0.717, 1.165) is 37.1 Å². The van der Waals surface area contributed by atoms with Crippen molar-refractivity contribution in [1.29, 1.82) is 0 Å². The second-order valence-electron chi connectivity index (χ2n) is 6.83. The van der Waals surface area contributed by atoms with Crippen LogP contribution in [0.2, 0.25) is 4.34 Å². The topological polar surface area (TPSA) is 60.9 Å². The van der Waals surface area contributed by atoms with E-state index in [1.165, 1.54) is 4.88 Å². The first-order valence-corrected chi connectivity index (χ1v) is 11.5. The first-order chi connectivity index (χ1) is 11.8. The fraction of sp³-hybridized carbons (Fsp3) is 0.688. The Morgan fingerprint density at radius 2 is 2.04 bits per heavy atom. The molecular weight excluding hydrogens is 382 g/mol. The summed E-state index contributed by atoms with van der Waals surface area (Å²) in [6.45, 7) is 4.30. The highest BCUT2D eigenvalue weighted by Gasteiger charge is 2.32. The van der Waals surface area contributed by atoms with Crippen LogP contribution in [0.15, 0.2) is 12.1 Å². The van der Waals surface area contributed by atoms with Crippen molar-refractivity contribution in [2.75, 3.05) is 51.3 Å². The zero-order valence-corrected chi connectivity index (χ0v) is 16.7. The number of carbonyl (C=O) groups is 1. The Morgan fingerprint density at radius 1 is 1.32 bits per heavy atom. The molecule has 1 amide bonds. The predicted octanol–water partition coefficient (Wildman–Crippen LogP) is 1.16. The van der Waals surface area contributed by atoms with Crippen molar-refractivity contribution in [1.82, 2.24) is 14.7 Å². The van der Waals surface area contributed by atoms with Crippen molar-refractivity contribution in [2.24, 2.45) is 0 Å². The summed E-state index contributed by atoms with van der Waals surface area (Å²) < 4.78 is 24.0. The molecule has 1 atom stereocenters. The molecule has 0 aliphatic carbocycles. The SMILES string of the molecule is CN(CC(=O)N1CCN(Cc2ccc(Cl)s2)CC1)C1CCS(=O)(=O)C1. The van der Waals surface area contributed by atoms with Crippen molar-refractivity contribution >= 4 is 38.7 Å². The van der Waals surface area contributed by atoms with E-state index in [9.17, 15) is 13.2 Å². The van der Waals surface area contributed by atoms with Gasteiger partial charge in [0.05, 0.1) is 22.4 Å². The van der Waals surface area contributed by atoms with E-state index in [4.69, 9.17) is 11.6 Å². The van der Waals surface area contributed by atoms with Gasteiger partial charge in [-0.15, -0.1) is 11.3 Å². The first-order valence-electron chi connectivity index (χ1n) is 8.47. The molecule has 0 N–H and O–H groups in total. The number of hydrogen-bond donors (Lipinski definition) is 0. The summed E-state index contributed by atoms with van der Waals surface area (Å²) in [7, 11) is -1.07. The van der Waals surface area contributed by atoms with Gasteiger partial charge in [-0.25, -0.2) is 8.42 Å². The number of likely N-dealkylation sites (N-methyl/N-ethyl adjacent to an activating group) is 1. The molecule has 25 heavy (non-hydrogen) atoms. The zero-order chi connectivity index (χ0) is 18.0. The fourth-order valence-electron chi connectivity index (χ4n) is 3.38. The molecule has 1 aromatic heterocycles. The van der Waals surface area contributed by atoms with Gasteiger partial charge in [-0.05, 0) is 25.6 Å². The van der Waals surface area contributed by atoms with Crippen molar-refractivity contribution in [3.63, 3.8) is 0 Å². The standard InChI is InChI=1S/C16H24ClN3O3S2/c1-18(13-4-9-25(22,23)12-13)11-16(21)20-7-5-19(6-8-20)10-14-2-3-15(17)24-14/h2-3,13H,4-12H2,1H3. The van der Waals surface area contributed by atoms with Gasteiger partial charge in [0.15, 0.2) is 9.84 Å². The Kier molecular flexibility index (Phi) is 6.05. The summed E-state index contributed by atoms with van der Waals surface area (Å²) in [6, 6.07) is 3.94. The highest BCUT2D eigenvalue weighted by Crippen LogP contribution is 2.23. The third kappa shape index (κ3) is 5.17. The Balaban J connectivity index is 1.43. The molecule has 2 aliphatic rings. The first kappa shape index (κ1) is 19.1. The lowest BCUT2D eigenvalue weighted by atomic mass is 10.2. The van der Waals surface area contributed by atoms with Crippen LogP contribution in [0, 0.1) is 0 Å². The Hall–Kier alpha value is -0.670. The third-order valence-electron chi connectivity index (χ3n) is 4.95. The fourth-order valence-corrected chi connectivity index (χ4v) is 6.31. The van der Waals surface area contributed by atoms with Crippen LogP contribution in [0.25, 0.3) is 0 Å². The molecule has 0 radical (unpaired) electrons. The molecule has 0 bridgehead atoms. The van der Waals surface area contributed by atoms with Crippen LogP contribution >= 0.6 is 22.9 Å². The molecule has 9 heteroatoms. The van der Waals surface area contributed by atoms with Gasteiger partial charge in [-0.2, -0.15) is 0 Å². The minimum Gasteiger partial charge on any atom is -0.339 e. The van der Waals surface area contributed by atoms with Gasteiger partial charge in [0, 0.05) is 43.6 Å². The molecule has 2 fully saturated rings. The highest BCUT2D eigenvalue weighted by molar-refractivity contribution is 7.91. The lowest BCUT2D eigenvalue weighted by molar-refractivity contribution is -0.134. The number of amides is 1. The molecule has 140 valence electrons. The maximum Gasteiger partial charge on any atom is 0.236 e. The number of hydrogen-bond acceptors (Lipinski definition) is 6. The monoisotopic (exact) mass is 405 g/mol. The van der Waals surface area contributed by atoms with Gasteiger partial charge in [0.1, 0.15) is 0 Å². The van der Waals surface area contributed by atoms with Crippen LogP contribution < -0.4 is 0 Å². The number of sulfone groups is 1. The van der Waals surface area contributed by atoms with Crippen LogP contribution in [0.3, 0.4) is 0 Å². The van der Waals surface area contributed by atoms with Gasteiger partial charge in [-0.1, -0.05) is 11.6 Å². The number of rotatable bonds is 5. The minimum absolute atomic E-state index is 0.0289. The number of nitrogens with zero attached hydrogens (tertiary/aromatic N) is 3. The number of thiophene rings is 1. The van der Waals surface area contributed by atoms with Crippen LogP contribution in [-0.2, 0) is 21.2 Å².